The van der Waals surface area contributed by atoms with E-state index in [4.69, 9.17) is 11.6 Å². The van der Waals surface area contributed by atoms with Gasteiger partial charge in [0.1, 0.15) is 0 Å². The van der Waals surface area contributed by atoms with Crippen molar-refractivity contribution in [3.05, 3.63) is 41.4 Å². The van der Waals surface area contributed by atoms with Crippen LogP contribution in [0.15, 0.2) is 36.4 Å². The van der Waals surface area contributed by atoms with Crippen LogP contribution in [0.3, 0.4) is 0 Å². The molecule has 1 aliphatic heterocycles. The van der Waals surface area contributed by atoms with E-state index in [2.05, 4.69) is 33.8 Å². The van der Waals surface area contributed by atoms with E-state index in [1.165, 1.54) is 24.1 Å². The van der Waals surface area contributed by atoms with Gasteiger partial charge in [-0.05, 0) is 42.7 Å². The highest BCUT2D eigenvalue weighted by atomic mass is 35.5. The largest absolute Gasteiger partial charge is 0.369 e. The zero-order valence-electron chi connectivity index (χ0n) is 12.5. The Hall–Kier alpha value is -1.03. The molecule has 0 radical (unpaired) electrons. The average Bonchev–Trinajstić information content (AvgIpc) is 3.31. The monoisotopic (exact) mass is 305 g/mol. The summed E-state index contributed by atoms with van der Waals surface area (Å²) in [6, 6.07) is 8.92. The molecule has 0 aromatic heterocycles. The van der Waals surface area contributed by atoms with Crippen LogP contribution in [-0.4, -0.2) is 50.2 Å². The van der Waals surface area contributed by atoms with E-state index in [0.29, 0.717) is 0 Å². The number of piperazine rings is 1. The van der Waals surface area contributed by atoms with E-state index in [1.807, 2.05) is 12.1 Å². The van der Waals surface area contributed by atoms with Gasteiger partial charge in [0.15, 0.2) is 0 Å². The van der Waals surface area contributed by atoms with E-state index in [1.54, 1.807) is 0 Å². The fourth-order valence-corrected chi connectivity index (χ4v) is 2.89. The van der Waals surface area contributed by atoms with Gasteiger partial charge in [0.2, 0.25) is 0 Å². The number of nitrogens with one attached hydrogen (secondary N) is 1. The molecule has 1 saturated heterocycles. The second kappa shape index (κ2) is 6.82. The Kier molecular flexibility index (Phi) is 4.84. The van der Waals surface area contributed by atoms with Crippen molar-refractivity contribution < 1.29 is 0 Å². The van der Waals surface area contributed by atoms with Crippen LogP contribution in [0, 0.1) is 0 Å². The topological polar surface area (TPSA) is 18.5 Å². The van der Waals surface area contributed by atoms with Crippen LogP contribution in [0.5, 0.6) is 0 Å². The molecule has 1 N–H and O–H groups in total. The maximum atomic E-state index is 5.94. The molecule has 1 aliphatic carbocycles. The van der Waals surface area contributed by atoms with Gasteiger partial charge in [0.05, 0.1) is 0 Å². The average molecular weight is 306 g/mol. The summed E-state index contributed by atoms with van der Waals surface area (Å²) in [5, 5.41) is 4.34. The van der Waals surface area contributed by atoms with Crippen molar-refractivity contribution in [2.24, 2.45) is 0 Å². The number of rotatable bonds is 6. The van der Waals surface area contributed by atoms with Crippen molar-refractivity contribution in [1.82, 2.24) is 10.2 Å². The van der Waals surface area contributed by atoms with Crippen molar-refractivity contribution in [1.29, 1.82) is 0 Å². The number of hydrogen-bond donors (Lipinski definition) is 1. The molecule has 2 aliphatic rings. The SMILES string of the molecule is C=C(CNC1CC1)CN1CCN(c2ccc(Cl)cc2)CC1. The lowest BCUT2D eigenvalue weighted by Gasteiger charge is -2.36. The second-order valence-corrected chi connectivity index (χ2v) is 6.58. The molecule has 0 unspecified atom stereocenters. The summed E-state index contributed by atoms with van der Waals surface area (Å²) in [6.07, 6.45) is 2.68. The normalized spacial score (nSPS) is 19.8. The van der Waals surface area contributed by atoms with E-state index >= 15 is 0 Å². The molecule has 21 heavy (non-hydrogen) atoms. The van der Waals surface area contributed by atoms with Crippen molar-refractivity contribution >= 4 is 17.3 Å². The first-order chi connectivity index (χ1) is 10.2. The first-order valence-electron chi connectivity index (χ1n) is 7.83. The molecule has 2 fully saturated rings. The van der Waals surface area contributed by atoms with Gasteiger partial charge in [0.25, 0.3) is 0 Å². The van der Waals surface area contributed by atoms with Crippen molar-refractivity contribution in [2.75, 3.05) is 44.2 Å². The third-order valence-corrected chi connectivity index (χ3v) is 4.48. The number of benzene rings is 1. The van der Waals surface area contributed by atoms with Crippen LogP contribution in [0.4, 0.5) is 5.69 Å². The quantitative estimate of drug-likeness (QED) is 0.815. The van der Waals surface area contributed by atoms with Gasteiger partial charge in [-0.25, -0.2) is 0 Å². The number of nitrogens with zero attached hydrogens (tertiary/aromatic N) is 2. The molecule has 0 bridgehead atoms. The minimum absolute atomic E-state index is 0.767. The predicted octanol–water partition coefficient (Wildman–Crippen LogP) is 2.77. The summed E-state index contributed by atoms with van der Waals surface area (Å²) < 4.78 is 0. The zero-order valence-corrected chi connectivity index (χ0v) is 13.3. The van der Waals surface area contributed by atoms with Crippen molar-refractivity contribution in [3.63, 3.8) is 0 Å². The highest BCUT2D eigenvalue weighted by Crippen LogP contribution is 2.20. The first kappa shape index (κ1) is 14.9. The lowest BCUT2D eigenvalue weighted by Crippen LogP contribution is -2.47. The third kappa shape index (κ3) is 4.47. The van der Waals surface area contributed by atoms with E-state index < -0.39 is 0 Å². The molecule has 1 heterocycles. The molecule has 0 spiro atoms. The highest BCUT2D eigenvalue weighted by Gasteiger charge is 2.21. The molecule has 3 nitrogen and oxygen atoms in total. The molecule has 3 rings (SSSR count). The Morgan fingerprint density at radius 1 is 1.14 bits per heavy atom. The summed E-state index contributed by atoms with van der Waals surface area (Å²) >= 11 is 5.94. The molecule has 1 aromatic rings. The summed E-state index contributed by atoms with van der Waals surface area (Å²) in [5.74, 6) is 0. The molecule has 0 atom stereocenters. The van der Waals surface area contributed by atoms with Crippen LogP contribution in [0.25, 0.3) is 0 Å². The van der Waals surface area contributed by atoms with Gasteiger partial charge in [-0.2, -0.15) is 0 Å². The summed E-state index contributed by atoms with van der Waals surface area (Å²) in [6.45, 7) is 10.6. The van der Waals surface area contributed by atoms with Crippen molar-refractivity contribution in [2.45, 2.75) is 18.9 Å². The Morgan fingerprint density at radius 2 is 1.81 bits per heavy atom. The van der Waals surface area contributed by atoms with Gasteiger partial charge >= 0.3 is 0 Å². The lowest BCUT2D eigenvalue weighted by atomic mass is 10.2. The van der Waals surface area contributed by atoms with Crippen molar-refractivity contribution in [3.8, 4) is 0 Å². The molecule has 1 aromatic carbocycles. The molecule has 0 amide bonds. The lowest BCUT2D eigenvalue weighted by molar-refractivity contribution is 0.276. The fraction of sp³-hybridized carbons (Fsp3) is 0.529. The Labute approximate surface area is 132 Å². The molecule has 4 heteroatoms. The second-order valence-electron chi connectivity index (χ2n) is 6.14. The van der Waals surface area contributed by atoms with Crippen LogP contribution in [0.2, 0.25) is 5.02 Å². The standard InChI is InChI=1S/C17H24ClN3/c1-14(12-19-16-4-5-16)13-20-8-10-21(11-9-20)17-6-2-15(18)3-7-17/h2-3,6-7,16,19H,1,4-5,8-13H2. The van der Waals surface area contributed by atoms with Crippen LogP contribution >= 0.6 is 11.6 Å². The van der Waals surface area contributed by atoms with Gasteiger partial charge in [-0.3, -0.25) is 4.90 Å². The van der Waals surface area contributed by atoms with Crippen LogP contribution < -0.4 is 10.2 Å². The fourth-order valence-electron chi connectivity index (χ4n) is 2.76. The highest BCUT2D eigenvalue weighted by molar-refractivity contribution is 6.30. The van der Waals surface area contributed by atoms with E-state index in [-0.39, 0.29) is 0 Å². The molecular weight excluding hydrogens is 282 g/mol. The van der Waals surface area contributed by atoms with Crippen LogP contribution in [0.1, 0.15) is 12.8 Å². The maximum Gasteiger partial charge on any atom is 0.0407 e. The minimum Gasteiger partial charge on any atom is -0.369 e. The molecular formula is C17H24ClN3. The van der Waals surface area contributed by atoms with Gasteiger partial charge < -0.3 is 10.2 Å². The number of halogens is 1. The number of anilines is 1. The molecule has 1 saturated carbocycles. The van der Waals surface area contributed by atoms with Crippen LogP contribution in [-0.2, 0) is 0 Å². The van der Waals surface area contributed by atoms with E-state index in [0.717, 1.165) is 50.3 Å². The Morgan fingerprint density at radius 3 is 2.43 bits per heavy atom. The minimum atomic E-state index is 0.767. The summed E-state index contributed by atoms with van der Waals surface area (Å²) in [5.41, 5.74) is 2.58. The van der Waals surface area contributed by atoms with Gasteiger partial charge in [-0.1, -0.05) is 18.2 Å². The molecule has 114 valence electrons. The van der Waals surface area contributed by atoms with E-state index in [9.17, 15) is 0 Å². The third-order valence-electron chi connectivity index (χ3n) is 4.23. The maximum absolute atomic E-state index is 5.94. The summed E-state index contributed by atoms with van der Waals surface area (Å²) in [7, 11) is 0. The zero-order chi connectivity index (χ0) is 14.7. The summed E-state index contributed by atoms with van der Waals surface area (Å²) in [4.78, 5) is 4.93. The Bertz CT molecular complexity index is 473. The Balaban J connectivity index is 1.41. The predicted molar refractivity (Wildman–Crippen MR) is 90.3 cm³/mol. The van der Waals surface area contributed by atoms with Gasteiger partial charge in [-0.15, -0.1) is 0 Å². The number of hydrogen-bond acceptors (Lipinski definition) is 3. The first-order valence-corrected chi connectivity index (χ1v) is 8.21. The van der Waals surface area contributed by atoms with Gasteiger partial charge in [0, 0.05) is 56.0 Å². The smallest absolute Gasteiger partial charge is 0.0407 e.